The van der Waals surface area contributed by atoms with Crippen molar-refractivity contribution in [2.45, 2.75) is 26.3 Å². The average Bonchev–Trinajstić information content (AvgIpc) is 3.11. The van der Waals surface area contributed by atoms with Crippen LogP contribution in [0.25, 0.3) is 0 Å². The van der Waals surface area contributed by atoms with Crippen LogP contribution in [0.5, 0.6) is 5.75 Å². The van der Waals surface area contributed by atoms with Gasteiger partial charge in [0.2, 0.25) is 5.91 Å². The molecule has 2 rings (SSSR count). The molecule has 154 valence electrons. The summed E-state index contributed by atoms with van der Waals surface area (Å²) < 4.78 is 10.2. The van der Waals surface area contributed by atoms with E-state index in [1.165, 1.54) is 12.0 Å². The van der Waals surface area contributed by atoms with Crippen LogP contribution < -0.4 is 10.1 Å². The number of carboxylic acids is 1. The van der Waals surface area contributed by atoms with Crippen molar-refractivity contribution in [1.82, 2.24) is 10.2 Å². The zero-order chi connectivity index (χ0) is 20.9. The van der Waals surface area contributed by atoms with Crippen molar-refractivity contribution in [2.75, 3.05) is 33.9 Å². The highest BCUT2D eigenvalue weighted by Gasteiger charge is 2.47. The lowest BCUT2D eigenvalue weighted by Gasteiger charge is -2.28. The number of aliphatic carboxylic acids is 1. The van der Waals surface area contributed by atoms with E-state index < -0.39 is 17.4 Å². The van der Waals surface area contributed by atoms with E-state index >= 15 is 0 Å². The van der Waals surface area contributed by atoms with Gasteiger partial charge in [0.25, 0.3) is 5.91 Å². The lowest BCUT2D eigenvalue weighted by Crippen LogP contribution is -2.51. The molecule has 1 fully saturated rings. The third kappa shape index (κ3) is 4.62. The molecule has 0 aromatic heterocycles. The van der Waals surface area contributed by atoms with E-state index in [1.54, 1.807) is 31.4 Å². The van der Waals surface area contributed by atoms with Crippen molar-refractivity contribution >= 4 is 17.8 Å². The molecule has 2 unspecified atom stereocenters. The standard InChI is InChI=1S/C20H28N2O6/c1-13(2)16(21-17(23)14-5-7-15(28-4)8-6-14)18(24)22-10-9-20(11-22,12-27-3)19(25)26/h5-8,13,16H,9-12H2,1-4H3,(H,21,23)(H,25,26). The quantitative estimate of drug-likeness (QED) is 0.693. The highest BCUT2D eigenvalue weighted by Crippen LogP contribution is 2.32. The smallest absolute Gasteiger partial charge is 0.313 e. The van der Waals surface area contributed by atoms with E-state index in [1.807, 2.05) is 13.8 Å². The molecular formula is C20H28N2O6. The van der Waals surface area contributed by atoms with Crippen LogP contribution in [-0.2, 0) is 14.3 Å². The molecule has 8 nitrogen and oxygen atoms in total. The Morgan fingerprint density at radius 2 is 1.86 bits per heavy atom. The second-order valence-electron chi connectivity index (χ2n) is 7.45. The molecule has 1 aromatic rings. The first-order valence-corrected chi connectivity index (χ1v) is 9.20. The van der Waals surface area contributed by atoms with Gasteiger partial charge < -0.3 is 24.8 Å². The first kappa shape index (κ1) is 21.7. The fourth-order valence-corrected chi connectivity index (χ4v) is 3.37. The Labute approximate surface area is 164 Å². The summed E-state index contributed by atoms with van der Waals surface area (Å²) in [6.07, 6.45) is 0.319. The number of methoxy groups -OCH3 is 2. The number of hydrogen-bond donors (Lipinski definition) is 2. The summed E-state index contributed by atoms with van der Waals surface area (Å²) in [5.41, 5.74) is -0.689. The molecule has 0 radical (unpaired) electrons. The van der Waals surface area contributed by atoms with Gasteiger partial charge in [-0.3, -0.25) is 14.4 Å². The van der Waals surface area contributed by atoms with Gasteiger partial charge in [-0.15, -0.1) is 0 Å². The summed E-state index contributed by atoms with van der Waals surface area (Å²) in [5.74, 6) is -1.15. The van der Waals surface area contributed by atoms with Crippen molar-refractivity contribution in [3.05, 3.63) is 29.8 Å². The molecule has 1 aromatic carbocycles. The fraction of sp³-hybridized carbons (Fsp3) is 0.550. The molecule has 0 aliphatic carbocycles. The second kappa shape index (κ2) is 9.05. The Hall–Kier alpha value is -2.61. The van der Waals surface area contributed by atoms with Crippen LogP contribution in [0, 0.1) is 11.3 Å². The number of ether oxygens (including phenoxy) is 2. The van der Waals surface area contributed by atoms with Crippen molar-refractivity contribution in [3.8, 4) is 5.75 Å². The van der Waals surface area contributed by atoms with Gasteiger partial charge >= 0.3 is 5.97 Å². The lowest BCUT2D eigenvalue weighted by atomic mass is 9.88. The van der Waals surface area contributed by atoms with Crippen LogP contribution in [0.15, 0.2) is 24.3 Å². The molecule has 1 aliphatic rings. The van der Waals surface area contributed by atoms with Crippen LogP contribution in [0.1, 0.15) is 30.6 Å². The summed E-state index contributed by atoms with van der Waals surface area (Å²) in [6.45, 7) is 4.10. The fourth-order valence-electron chi connectivity index (χ4n) is 3.37. The Kier molecular flexibility index (Phi) is 7.01. The van der Waals surface area contributed by atoms with Gasteiger partial charge in [0, 0.05) is 25.8 Å². The monoisotopic (exact) mass is 392 g/mol. The van der Waals surface area contributed by atoms with Crippen molar-refractivity contribution in [3.63, 3.8) is 0 Å². The number of nitrogens with zero attached hydrogens (tertiary/aromatic N) is 1. The lowest BCUT2D eigenvalue weighted by molar-refractivity contribution is -0.151. The highest BCUT2D eigenvalue weighted by molar-refractivity contribution is 5.98. The number of carbonyl (C=O) groups is 3. The number of nitrogens with one attached hydrogen (secondary N) is 1. The second-order valence-corrected chi connectivity index (χ2v) is 7.45. The first-order chi connectivity index (χ1) is 13.2. The van der Waals surface area contributed by atoms with Gasteiger partial charge in [-0.25, -0.2) is 0 Å². The summed E-state index contributed by atoms with van der Waals surface area (Å²) in [5, 5.41) is 12.4. The molecule has 2 N–H and O–H groups in total. The summed E-state index contributed by atoms with van der Waals surface area (Å²) >= 11 is 0. The van der Waals surface area contributed by atoms with E-state index in [0.29, 0.717) is 24.3 Å². The number of hydrogen-bond acceptors (Lipinski definition) is 5. The van der Waals surface area contributed by atoms with Gasteiger partial charge in [-0.05, 0) is 36.6 Å². The average molecular weight is 392 g/mol. The molecule has 1 heterocycles. The van der Waals surface area contributed by atoms with E-state index in [9.17, 15) is 19.5 Å². The predicted molar refractivity (Wildman–Crippen MR) is 102 cm³/mol. The maximum Gasteiger partial charge on any atom is 0.313 e. The van der Waals surface area contributed by atoms with E-state index in [2.05, 4.69) is 5.32 Å². The summed E-state index contributed by atoms with van der Waals surface area (Å²) in [4.78, 5) is 38.8. The van der Waals surface area contributed by atoms with Crippen LogP contribution >= 0.6 is 0 Å². The Balaban J connectivity index is 2.11. The largest absolute Gasteiger partial charge is 0.497 e. The minimum Gasteiger partial charge on any atom is -0.497 e. The van der Waals surface area contributed by atoms with Crippen molar-refractivity contribution in [2.24, 2.45) is 11.3 Å². The van der Waals surface area contributed by atoms with E-state index in [4.69, 9.17) is 9.47 Å². The third-order valence-corrected chi connectivity index (χ3v) is 5.11. The summed E-state index contributed by atoms with van der Waals surface area (Å²) in [7, 11) is 2.99. The molecule has 0 saturated carbocycles. The van der Waals surface area contributed by atoms with Crippen LogP contribution in [0.3, 0.4) is 0 Å². The van der Waals surface area contributed by atoms with Crippen LogP contribution in [-0.4, -0.2) is 67.7 Å². The topological polar surface area (TPSA) is 105 Å². The number of rotatable bonds is 8. The number of amides is 2. The Morgan fingerprint density at radius 1 is 1.21 bits per heavy atom. The molecule has 2 amide bonds. The summed E-state index contributed by atoms with van der Waals surface area (Å²) in [6, 6.07) is 5.85. The minimum atomic E-state index is -1.11. The molecule has 8 heteroatoms. The van der Waals surface area contributed by atoms with Gasteiger partial charge in [0.1, 0.15) is 17.2 Å². The van der Waals surface area contributed by atoms with Gasteiger partial charge in [0.05, 0.1) is 13.7 Å². The highest BCUT2D eigenvalue weighted by atomic mass is 16.5. The normalized spacial score (nSPS) is 20.1. The number of carbonyl (C=O) groups excluding carboxylic acids is 2. The van der Waals surface area contributed by atoms with Gasteiger partial charge in [0.15, 0.2) is 0 Å². The predicted octanol–water partition coefficient (Wildman–Crippen LogP) is 1.40. The Bertz CT molecular complexity index is 718. The zero-order valence-electron chi connectivity index (χ0n) is 16.7. The molecule has 0 bridgehead atoms. The van der Waals surface area contributed by atoms with Crippen LogP contribution in [0.4, 0.5) is 0 Å². The van der Waals surface area contributed by atoms with Gasteiger partial charge in [-0.1, -0.05) is 13.8 Å². The van der Waals surface area contributed by atoms with Crippen molar-refractivity contribution < 1.29 is 29.0 Å². The third-order valence-electron chi connectivity index (χ3n) is 5.11. The minimum absolute atomic E-state index is 0.0384. The Morgan fingerprint density at radius 3 is 2.36 bits per heavy atom. The van der Waals surface area contributed by atoms with E-state index in [0.717, 1.165) is 0 Å². The number of carboxylic acid groups (broad SMARTS) is 1. The van der Waals surface area contributed by atoms with E-state index in [-0.39, 0.29) is 30.9 Å². The molecule has 1 saturated heterocycles. The SMILES string of the molecule is COCC1(C(=O)O)CCN(C(=O)C(NC(=O)c2ccc(OC)cc2)C(C)C)C1. The number of benzene rings is 1. The van der Waals surface area contributed by atoms with Gasteiger partial charge in [-0.2, -0.15) is 0 Å². The molecule has 2 atom stereocenters. The van der Waals surface area contributed by atoms with Crippen molar-refractivity contribution in [1.29, 1.82) is 0 Å². The maximum atomic E-state index is 13.0. The number of likely N-dealkylation sites (tertiary alicyclic amines) is 1. The first-order valence-electron chi connectivity index (χ1n) is 9.20. The molecule has 1 aliphatic heterocycles. The van der Waals surface area contributed by atoms with Crippen LogP contribution in [0.2, 0.25) is 0 Å². The molecule has 28 heavy (non-hydrogen) atoms. The molecule has 0 spiro atoms. The maximum absolute atomic E-state index is 13.0. The zero-order valence-corrected chi connectivity index (χ0v) is 16.7. The molecular weight excluding hydrogens is 364 g/mol.